The molecule has 0 aromatic carbocycles. The number of rotatable bonds is 17. The predicted molar refractivity (Wildman–Crippen MR) is 150 cm³/mol. The molecule has 0 heterocycles. The molecule has 0 amide bonds. The van der Waals surface area contributed by atoms with Gasteiger partial charge in [-0.25, -0.2) is 0 Å². The molecule has 0 spiro atoms. The van der Waals surface area contributed by atoms with Crippen molar-refractivity contribution in [1.82, 2.24) is 0 Å². The van der Waals surface area contributed by atoms with Gasteiger partial charge in [0.05, 0.1) is 0 Å². The summed E-state index contributed by atoms with van der Waals surface area (Å²) in [7, 11) is -2.03. The van der Waals surface area contributed by atoms with Gasteiger partial charge in [0.25, 0.3) is 0 Å². The quantitative estimate of drug-likeness (QED) is 0.155. The molecule has 0 aromatic rings. The zero-order valence-corrected chi connectivity index (χ0v) is 27.8. The molecular weight excluding hydrogens is 544 g/mol. The Morgan fingerprint density at radius 1 is 0.500 bits per heavy atom. The molecule has 0 N–H and O–H groups in total. The Kier molecular flexibility index (Phi) is 15.4. The molecule has 0 unspecified atom stereocenters. The van der Waals surface area contributed by atoms with E-state index in [0.29, 0.717) is 0 Å². The predicted octanol–water partition coefficient (Wildman–Crippen LogP) is 10.2. The van der Waals surface area contributed by atoms with Crippen LogP contribution in [0.1, 0.15) is 156 Å². The molecule has 0 aliphatic heterocycles. The summed E-state index contributed by atoms with van der Waals surface area (Å²) in [5.41, 5.74) is 0. The summed E-state index contributed by atoms with van der Waals surface area (Å²) in [4.78, 5) is 0. The fourth-order valence-electron chi connectivity index (χ4n) is 6.61. The van der Waals surface area contributed by atoms with E-state index in [1.54, 1.807) is 0 Å². The summed E-state index contributed by atoms with van der Waals surface area (Å²) in [5.74, 6) is 0. The molecule has 4 nitrogen and oxygen atoms in total. The minimum atomic E-state index is -4.30. The molecular formula is C30H60O4SiZr. The molecule has 36 heavy (non-hydrogen) atoms. The first-order chi connectivity index (χ1) is 17.6. The van der Waals surface area contributed by atoms with E-state index in [9.17, 15) is 0 Å². The first kappa shape index (κ1) is 31.5. The molecule has 0 radical (unpaired) electrons. The summed E-state index contributed by atoms with van der Waals surface area (Å²) >= 11 is -4.30. The molecule has 0 bridgehead atoms. The standard InChI is InChI=1S/C12H27OSi.3C6H11O.Zr/c1-4-7-10-14(13,11-8-5-2)12-9-6-3;3*7-6-4-2-1-3-5-6;/h4-12H2,1-3H3;3*6H,1-5H2;/q4*-1;+4. The van der Waals surface area contributed by atoms with E-state index >= 15 is 0 Å². The van der Waals surface area contributed by atoms with Crippen LogP contribution in [0.15, 0.2) is 0 Å². The summed E-state index contributed by atoms with van der Waals surface area (Å²) in [6, 6.07) is 3.79. The average molecular weight is 604 g/mol. The van der Waals surface area contributed by atoms with E-state index in [1.165, 1.54) is 114 Å². The molecule has 3 aliphatic carbocycles. The third-order valence-electron chi connectivity index (χ3n) is 8.89. The van der Waals surface area contributed by atoms with Crippen LogP contribution in [-0.4, -0.2) is 26.6 Å². The van der Waals surface area contributed by atoms with Gasteiger partial charge in [0.15, 0.2) is 0 Å². The second-order valence-corrected chi connectivity index (χ2v) is 22.0. The van der Waals surface area contributed by atoms with Crippen molar-refractivity contribution in [3.63, 3.8) is 0 Å². The minimum absolute atomic E-state index is 0.289. The van der Waals surface area contributed by atoms with E-state index in [2.05, 4.69) is 20.8 Å². The number of hydrogen-bond donors (Lipinski definition) is 0. The van der Waals surface area contributed by atoms with E-state index < -0.39 is 30.3 Å². The van der Waals surface area contributed by atoms with Crippen LogP contribution in [-0.2, 0) is 33.0 Å². The second kappa shape index (κ2) is 17.6. The van der Waals surface area contributed by atoms with Crippen LogP contribution >= 0.6 is 0 Å². The summed E-state index contributed by atoms with van der Waals surface area (Å²) < 4.78 is 29.5. The normalized spacial score (nSPS) is 21.8. The Morgan fingerprint density at radius 2 is 0.806 bits per heavy atom. The Hall–Kier alpha value is 0.940. The van der Waals surface area contributed by atoms with Crippen molar-refractivity contribution in [1.29, 1.82) is 0 Å². The van der Waals surface area contributed by atoms with Gasteiger partial charge in [0.2, 0.25) is 0 Å². The third kappa shape index (κ3) is 10.8. The molecule has 0 aromatic heterocycles. The Bertz CT molecular complexity index is 487. The number of unbranched alkanes of at least 4 members (excludes halogenated alkanes) is 3. The zero-order chi connectivity index (χ0) is 25.5. The summed E-state index contributed by atoms with van der Waals surface area (Å²) in [6.45, 7) is 7.01. The van der Waals surface area contributed by atoms with Crippen molar-refractivity contribution >= 4 is 8.32 Å². The first-order valence-corrected chi connectivity index (χ1v) is 22.9. The van der Waals surface area contributed by atoms with Crippen molar-refractivity contribution in [2.75, 3.05) is 0 Å². The van der Waals surface area contributed by atoms with E-state index in [1.807, 2.05) is 0 Å². The maximum atomic E-state index is 7.72. The molecule has 6 heteroatoms. The van der Waals surface area contributed by atoms with Crippen molar-refractivity contribution in [2.45, 2.75) is 192 Å². The Labute approximate surface area is 232 Å². The Balaban J connectivity index is 1.94. The second-order valence-electron chi connectivity index (χ2n) is 12.2. The molecule has 3 saturated carbocycles. The Morgan fingerprint density at radius 3 is 1.08 bits per heavy atom. The molecule has 3 fully saturated rings. The average Bonchev–Trinajstić information content (AvgIpc) is 2.91. The van der Waals surface area contributed by atoms with Gasteiger partial charge >= 0.3 is 233 Å². The van der Waals surface area contributed by atoms with Gasteiger partial charge in [-0.1, -0.05) is 0 Å². The molecule has 0 atom stereocenters. The van der Waals surface area contributed by atoms with Gasteiger partial charge in [-0.2, -0.15) is 0 Å². The van der Waals surface area contributed by atoms with Crippen LogP contribution in [0.25, 0.3) is 0 Å². The molecule has 3 aliphatic rings. The van der Waals surface area contributed by atoms with Gasteiger partial charge in [0.1, 0.15) is 0 Å². The van der Waals surface area contributed by atoms with Crippen LogP contribution in [0.2, 0.25) is 18.1 Å². The topological polar surface area (TPSA) is 36.9 Å². The van der Waals surface area contributed by atoms with Crippen LogP contribution in [0.5, 0.6) is 0 Å². The summed E-state index contributed by atoms with van der Waals surface area (Å²) in [6.07, 6.45) is 27.1. The van der Waals surface area contributed by atoms with Gasteiger partial charge in [-0.05, 0) is 0 Å². The van der Waals surface area contributed by atoms with E-state index in [0.717, 1.165) is 38.5 Å². The fraction of sp³-hybridized carbons (Fsp3) is 1.00. The SMILES string of the molecule is CCCC[Si](CCCC)(CCCC)[O][Zr]([O]C1CCCCC1)([O]C1CCCCC1)[O]C1CCCCC1. The van der Waals surface area contributed by atoms with Gasteiger partial charge in [0, 0.05) is 0 Å². The zero-order valence-electron chi connectivity index (χ0n) is 24.3. The molecule has 212 valence electrons. The van der Waals surface area contributed by atoms with Gasteiger partial charge in [-0.15, -0.1) is 0 Å². The summed E-state index contributed by atoms with van der Waals surface area (Å²) in [5, 5.41) is 0. The monoisotopic (exact) mass is 602 g/mol. The van der Waals surface area contributed by atoms with Crippen molar-refractivity contribution in [3.05, 3.63) is 0 Å². The number of hydrogen-bond acceptors (Lipinski definition) is 4. The molecule has 3 rings (SSSR count). The third-order valence-corrected chi connectivity index (χ3v) is 23.0. The van der Waals surface area contributed by atoms with Crippen LogP contribution in [0, 0.1) is 0 Å². The van der Waals surface area contributed by atoms with Crippen molar-refractivity contribution in [2.24, 2.45) is 0 Å². The van der Waals surface area contributed by atoms with E-state index in [-0.39, 0.29) is 18.3 Å². The van der Waals surface area contributed by atoms with Gasteiger partial charge < -0.3 is 0 Å². The first-order valence-electron chi connectivity index (χ1n) is 16.4. The maximum absolute atomic E-state index is 7.72. The van der Waals surface area contributed by atoms with Crippen LogP contribution < -0.4 is 0 Å². The van der Waals surface area contributed by atoms with Crippen molar-refractivity contribution < 1.29 is 33.0 Å². The molecule has 0 saturated heterocycles. The van der Waals surface area contributed by atoms with Crippen LogP contribution in [0.4, 0.5) is 0 Å². The van der Waals surface area contributed by atoms with Gasteiger partial charge in [-0.3, -0.25) is 0 Å². The van der Waals surface area contributed by atoms with Crippen molar-refractivity contribution in [3.8, 4) is 0 Å². The van der Waals surface area contributed by atoms with E-state index in [4.69, 9.17) is 10.9 Å². The van der Waals surface area contributed by atoms with Crippen LogP contribution in [0.3, 0.4) is 0 Å². The fourth-order valence-corrected chi connectivity index (χ4v) is 23.7.